The average Bonchev–Trinajstić information content (AvgIpc) is 3.08. The summed E-state index contributed by atoms with van der Waals surface area (Å²) in [4.78, 5) is 29.2. The van der Waals surface area contributed by atoms with Gasteiger partial charge in [-0.25, -0.2) is 9.59 Å². The zero-order chi connectivity index (χ0) is 17.1. The highest BCUT2D eigenvalue weighted by molar-refractivity contribution is 6.41. The van der Waals surface area contributed by atoms with E-state index in [4.69, 9.17) is 14.0 Å². The quantitative estimate of drug-likeness (QED) is 0.508. The van der Waals surface area contributed by atoms with Crippen molar-refractivity contribution in [1.82, 2.24) is 0 Å². The van der Waals surface area contributed by atoms with Crippen molar-refractivity contribution < 1.29 is 28.7 Å². The van der Waals surface area contributed by atoms with Crippen molar-refractivity contribution in [3.63, 3.8) is 0 Å². The van der Waals surface area contributed by atoms with Gasteiger partial charge in [-0.3, -0.25) is 0 Å². The highest BCUT2D eigenvalue weighted by Crippen LogP contribution is 2.36. The van der Waals surface area contributed by atoms with E-state index in [1.807, 2.05) is 0 Å². The van der Waals surface area contributed by atoms with Crippen molar-refractivity contribution in [2.45, 2.75) is 57.7 Å². The summed E-state index contributed by atoms with van der Waals surface area (Å²) in [7, 11) is 0. The lowest BCUT2D eigenvalue weighted by Gasteiger charge is -2.29. The molecule has 1 aliphatic carbocycles. The Balaban J connectivity index is 2.23. The molecule has 2 rings (SSSR count). The van der Waals surface area contributed by atoms with E-state index in [0.717, 1.165) is 12.8 Å². The number of carboxylic acid groups (broad SMARTS) is 1. The second-order valence-corrected chi connectivity index (χ2v) is 6.52. The highest BCUT2D eigenvalue weighted by atomic mass is 16.7. The molecule has 0 bridgehead atoms. The van der Waals surface area contributed by atoms with Gasteiger partial charge in [0.15, 0.2) is 5.76 Å². The van der Waals surface area contributed by atoms with Gasteiger partial charge in [0.25, 0.3) is 0 Å². The number of ether oxygens (including phenoxy) is 1. The van der Waals surface area contributed by atoms with E-state index >= 15 is 0 Å². The Morgan fingerprint density at radius 1 is 1.30 bits per heavy atom. The van der Waals surface area contributed by atoms with Crippen LogP contribution in [0.2, 0.25) is 0 Å². The van der Waals surface area contributed by atoms with Gasteiger partial charge < -0.3 is 19.1 Å². The summed E-state index contributed by atoms with van der Waals surface area (Å²) >= 11 is 0. The van der Waals surface area contributed by atoms with Gasteiger partial charge in [0.2, 0.25) is 11.3 Å². The standard InChI is InChI=1S/C16H21NO6/c1-15(2,3)22-14(20)16(8-4-5-9-16)23-17-12(13(18)19)11-7-6-10-21-11/h6-7,10H,4-5,8-9H2,1-3H3,(H,18,19)/b17-12+. The normalized spacial score (nSPS) is 17.8. The number of rotatable bonds is 5. The lowest BCUT2D eigenvalue weighted by atomic mass is 10.0. The molecular formula is C16H21NO6. The Kier molecular flexibility index (Phi) is 4.77. The van der Waals surface area contributed by atoms with Crippen molar-refractivity contribution in [2.75, 3.05) is 0 Å². The van der Waals surface area contributed by atoms with Crippen LogP contribution in [-0.2, 0) is 19.2 Å². The van der Waals surface area contributed by atoms with Crippen LogP contribution < -0.4 is 0 Å². The van der Waals surface area contributed by atoms with E-state index in [2.05, 4.69) is 5.16 Å². The van der Waals surface area contributed by atoms with Gasteiger partial charge >= 0.3 is 11.9 Å². The molecule has 0 unspecified atom stereocenters. The first-order valence-corrected chi connectivity index (χ1v) is 7.50. The number of hydrogen-bond donors (Lipinski definition) is 1. The van der Waals surface area contributed by atoms with Crippen molar-refractivity contribution in [2.24, 2.45) is 5.16 Å². The Bertz CT molecular complexity index is 591. The molecule has 1 N–H and O–H groups in total. The Morgan fingerprint density at radius 3 is 2.43 bits per heavy atom. The van der Waals surface area contributed by atoms with Crippen LogP contribution in [0.5, 0.6) is 0 Å². The molecule has 0 radical (unpaired) electrons. The third-order valence-corrected chi connectivity index (χ3v) is 3.45. The third kappa shape index (κ3) is 4.12. The molecule has 1 fully saturated rings. The molecular weight excluding hydrogens is 302 g/mol. The summed E-state index contributed by atoms with van der Waals surface area (Å²) in [5.74, 6) is -1.75. The maximum Gasteiger partial charge on any atom is 0.361 e. The minimum absolute atomic E-state index is 0.0647. The molecule has 1 heterocycles. The lowest BCUT2D eigenvalue weighted by Crippen LogP contribution is -2.43. The summed E-state index contributed by atoms with van der Waals surface area (Å²) in [6.07, 6.45) is 3.80. The van der Waals surface area contributed by atoms with E-state index in [0.29, 0.717) is 12.8 Å². The molecule has 126 valence electrons. The summed E-state index contributed by atoms with van der Waals surface area (Å²) in [6, 6.07) is 3.01. The largest absolute Gasteiger partial charge is 0.476 e. The fourth-order valence-electron chi connectivity index (χ4n) is 2.39. The predicted octanol–water partition coefficient (Wildman–Crippen LogP) is 2.74. The van der Waals surface area contributed by atoms with Crippen molar-refractivity contribution in [1.29, 1.82) is 0 Å². The van der Waals surface area contributed by atoms with E-state index in [9.17, 15) is 14.7 Å². The average molecular weight is 323 g/mol. The van der Waals surface area contributed by atoms with E-state index in [1.54, 1.807) is 26.8 Å². The van der Waals surface area contributed by atoms with Gasteiger partial charge in [0.05, 0.1) is 6.26 Å². The topological polar surface area (TPSA) is 98.3 Å². The number of carbonyl (C=O) groups excluding carboxylic acids is 1. The van der Waals surface area contributed by atoms with Crippen molar-refractivity contribution >= 4 is 17.7 Å². The molecule has 0 amide bonds. The molecule has 7 heteroatoms. The lowest BCUT2D eigenvalue weighted by molar-refractivity contribution is -0.183. The first kappa shape index (κ1) is 17.1. The van der Waals surface area contributed by atoms with Crippen LogP contribution in [0.15, 0.2) is 28.0 Å². The van der Waals surface area contributed by atoms with Gasteiger partial charge in [0.1, 0.15) is 5.60 Å². The number of nitrogens with zero attached hydrogens (tertiary/aromatic N) is 1. The van der Waals surface area contributed by atoms with Crippen LogP contribution in [-0.4, -0.2) is 34.0 Å². The zero-order valence-corrected chi connectivity index (χ0v) is 13.5. The van der Waals surface area contributed by atoms with Crippen LogP contribution in [0.3, 0.4) is 0 Å². The molecule has 0 saturated heterocycles. The Hall–Kier alpha value is -2.31. The fourth-order valence-corrected chi connectivity index (χ4v) is 2.39. The first-order valence-electron chi connectivity index (χ1n) is 7.50. The second kappa shape index (κ2) is 6.44. The predicted molar refractivity (Wildman–Crippen MR) is 81.0 cm³/mol. The van der Waals surface area contributed by atoms with Crippen LogP contribution in [0.1, 0.15) is 52.2 Å². The van der Waals surface area contributed by atoms with Crippen molar-refractivity contribution in [3.8, 4) is 0 Å². The molecule has 0 spiro atoms. The van der Waals surface area contributed by atoms with Gasteiger partial charge in [-0.1, -0.05) is 5.16 Å². The Labute approximate surface area is 134 Å². The number of carboxylic acids is 1. The van der Waals surface area contributed by atoms with E-state index in [1.165, 1.54) is 12.3 Å². The molecule has 0 atom stereocenters. The maximum absolute atomic E-state index is 12.5. The summed E-state index contributed by atoms with van der Waals surface area (Å²) < 4.78 is 10.4. The molecule has 1 aromatic heterocycles. The molecule has 23 heavy (non-hydrogen) atoms. The van der Waals surface area contributed by atoms with Gasteiger partial charge in [-0.05, 0) is 45.7 Å². The molecule has 1 saturated carbocycles. The van der Waals surface area contributed by atoms with Crippen LogP contribution in [0, 0.1) is 0 Å². The summed E-state index contributed by atoms with van der Waals surface area (Å²) in [5.41, 5.74) is -2.28. The molecule has 1 aliphatic rings. The minimum Gasteiger partial charge on any atom is -0.476 e. The van der Waals surface area contributed by atoms with Gasteiger partial charge in [0, 0.05) is 12.8 Å². The number of hydrogen-bond acceptors (Lipinski definition) is 6. The van der Waals surface area contributed by atoms with Gasteiger partial charge in [-0.15, -0.1) is 0 Å². The maximum atomic E-state index is 12.5. The summed E-state index contributed by atoms with van der Waals surface area (Å²) in [5, 5.41) is 12.9. The molecule has 0 aliphatic heterocycles. The molecule has 1 aromatic rings. The zero-order valence-electron chi connectivity index (χ0n) is 13.5. The number of aliphatic carboxylic acids is 1. The molecule has 7 nitrogen and oxygen atoms in total. The number of esters is 1. The summed E-state index contributed by atoms with van der Waals surface area (Å²) in [6.45, 7) is 5.30. The minimum atomic E-state index is -1.29. The van der Waals surface area contributed by atoms with E-state index < -0.39 is 23.1 Å². The van der Waals surface area contributed by atoms with E-state index in [-0.39, 0.29) is 11.5 Å². The van der Waals surface area contributed by atoms with Crippen LogP contribution in [0.4, 0.5) is 0 Å². The SMILES string of the molecule is CC(C)(C)OC(=O)C1(O/N=C(/C(=O)O)c2ccco2)CCCC1. The number of furan rings is 1. The van der Waals surface area contributed by atoms with Crippen molar-refractivity contribution in [3.05, 3.63) is 24.2 Å². The third-order valence-electron chi connectivity index (χ3n) is 3.45. The highest BCUT2D eigenvalue weighted by Gasteiger charge is 2.47. The fraction of sp³-hybridized carbons (Fsp3) is 0.562. The monoisotopic (exact) mass is 323 g/mol. The second-order valence-electron chi connectivity index (χ2n) is 6.52. The number of oxime groups is 1. The van der Waals surface area contributed by atoms with Crippen LogP contribution in [0.25, 0.3) is 0 Å². The number of carbonyl (C=O) groups is 2. The van der Waals surface area contributed by atoms with Crippen LogP contribution >= 0.6 is 0 Å². The molecule has 0 aromatic carbocycles. The Morgan fingerprint density at radius 2 is 1.96 bits per heavy atom. The first-order chi connectivity index (χ1) is 10.7. The van der Waals surface area contributed by atoms with Gasteiger partial charge in [-0.2, -0.15) is 0 Å². The smallest absolute Gasteiger partial charge is 0.361 e.